The molecule has 3 rings (SSSR count). The molecule has 0 aliphatic carbocycles. The molecule has 118 valence electrons. The molecule has 2 N–H and O–H groups in total. The maximum Gasteiger partial charge on any atom is 0.244 e. The highest BCUT2D eigenvalue weighted by molar-refractivity contribution is 5.92. The second-order valence-electron chi connectivity index (χ2n) is 5.56. The summed E-state index contributed by atoms with van der Waals surface area (Å²) in [6.45, 7) is 3.91. The predicted octanol–water partition coefficient (Wildman–Crippen LogP) is 2.78. The molecular formula is C18H19N3O2. The molecular weight excluding hydrogens is 290 g/mol. The number of aliphatic hydroxyl groups is 1. The van der Waals surface area contributed by atoms with Gasteiger partial charge in [-0.2, -0.15) is 0 Å². The summed E-state index contributed by atoms with van der Waals surface area (Å²) in [6, 6.07) is 13.4. The van der Waals surface area contributed by atoms with Crippen LogP contribution in [0, 0.1) is 13.8 Å². The monoisotopic (exact) mass is 309 g/mol. The van der Waals surface area contributed by atoms with Crippen molar-refractivity contribution >= 4 is 22.6 Å². The van der Waals surface area contributed by atoms with E-state index in [-0.39, 0.29) is 19.1 Å². The minimum atomic E-state index is -0.203. The van der Waals surface area contributed by atoms with E-state index >= 15 is 0 Å². The molecule has 0 atom stereocenters. The van der Waals surface area contributed by atoms with Crippen molar-refractivity contribution in [1.82, 2.24) is 9.55 Å². The number of hydrogen-bond acceptors (Lipinski definition) is 3. The van der Waals surface area contributed by atoms with E-state index in [1.807, 2.05) is 56.3 Å². The van der Waals surface area contributed by atoms with Crippen LogP contribution in [0.15, 0.2) is 42.5 Å². The number of nitrogens with one attached hydrogen (secondary N) is 1. The van der Waals surface area contributed by atoms with Gasteiger partial charge in [-0.3, -0.25) is 4.79 Å². The SMILES string of the molecule is Cc1cccc(NC(=O)Cn2c(CO)nc3ccccc32)c1C. The van der Waals surface area contributed by atoms with Crippen molar-refractivity contribution in [3.8, 4) is 0 Å². The van der Waals surface area contributed by atoms with Crippen LogP contribution in [0.3, 0.4) is 0 Å². The standard InChI is InChI=1S/C18H19N3O2/c1-12-6-5-8-14(13(12)2)20-18(23)10-21-16-9-4-3-7-15(16)19-17(21)11-22/h3-9,22H,10-11H2,1-2H3,(H,20,23). The largest absolute Gasteiger partial charge is 0.388 e. The number of anilines is 1. The third-order valence-electron chi connectivity index (χ3n) is 4.06. The minimum absolute atomic E-state index is 0.115. The molecule has 0 saturated carbocycles. The molecule has 0 aliphatic heterocycles. The Labute approximate surface area is 134 Å². The van der Waals surface area contributed by atoms with Crippen LogP contribution >= 0.6 is 0 Å². The lowest BCUT2D eigenvalue weighted by Crippen LogP contribution is -2.20. The number of amides is 1. The Hall–Kier alpha value is -2.66. The number of nitrogens with zero attached hydrogens (tertiary/aromatic N) is 2. The Morgan fingerprint density at radius 3 is 2.74 bits per heavy atom. The number of fused-ring (bicyclic) bond motifs is 1. The Kier molecular flexibility index (Phi) is 4.12. The third-order valence-corrected chi connectivity index (χ3v) is 4.06. The predicted molar refractivity (Wildman–Crippen MR) is 90.2 cm³/mol. The van der Waals surface area contributed by atoms with Gasteiger partial charge in [-0.1, -0.05) is 24.3 Å². The topological polar surface area (TPSA) is 67.2 Å². The zero-order valence-electron chi connectivity index (χ0n) is 13.2. The second kappa shape index (κ2) is 6.22. The molecule has 2 aromatic carbocycles. The van der Waals surface area contributed by atoms with Gasteiger partial charge < -0.3 is 15.0 Å². The lowest BCUT2D eigenvalue weighted by molar-refractivity contribution is -0.116. The van der Waals surface area contributed by atoms with Crippen molar-refractivity contribution in [2.24, 2.45) is 0 Å². The third kappa shape index (κ3) is 2.96. The number of aryl methyl sites for hydroxylation is 1. The summed E-state index contributed by atoms with van der Waals surface area (Å²) >= 11 is 0. The number of para-hydroxylation sites is 2. The van der Waals surface area contributed by atoms with E-state index in [1.54, 1.807) is 4.57 Å². The zero-order chi connectivity index (χ0) is 16.4. The van der Waals surface area contributed by atoms with Crippen LogP contribution in [0.2, 0.25) is 0 Å². The lowest BCUT2D eigenvalue weighted by atomic mass is 10.1. The highest BCUT2D eigenvalue weighted by Crippen LogP contribution is 2.19. The fourth-order valence-electron chi connectivity index (χ4n) is 2.64. The smallest absolute Gasteiger partial charge is 0.244 e. The van der Waals surface area contributed by atoms with E-state index < -0.39 is 0 Å². The molecule has 3 aromatic rings. The van der Waals surface area contributed by atoms with Crippen molar-refractivity contribution in [2.75, 3.05) is 5.32 Å². The first-order valence-electron chi connectivity index (χ1n) is 7.51. The van der Waals surface area contributed by atoms with Crippen molar-refractivity contribution in [1.29, 1.82) is 0 Å². The molecule has 1 aromatic heterocycles. The number of aromatic nitrogens is 2. The van der Waals surface area contributed by atoms with Gasteiger partial charge >= 0.3 is 0 Å². The first-order chi connectivity index (χ1) is 11.1. The molecule has 1 heterocycles. The number of aliphatic hydroxyl groups excluding tert-OH is 1. The van der Waals surface area contributed by atoms with Gasteiger partial charge in [0.25, 0.3) is 0 Å². The molecule has 5 nitrogen and oxygen atoms in total. The molecule has 0 saturated heterocycles. The van der Waals surface area contributed by atoms with Crippen LogP contribution in [-0.2, 0) is 17.9 Å². The second-order valence-corrected chi connectivity index (χ2v) is 5.56. The fourth-order valence-corrected chi connectivity index (χ4v) is 2.64. The Bertz CT molecular complexity index is 868. The zero-order valence-corrected chi connectivity index (χ0v) is 13.2. The highest BCUT2D eigenvalue weighted by Gasteiger charge is 2.13. The molecule has 5 heteroatoms. The van der Waals surface area contributed by atoms with Gasteiger partial charge in [0.1, 0.15) is 19.0 Å². The summed E-state index contributed by atoms with van der Waals surface area (Å²) in [5, 5.41) is 12.4. The van der Waals surface area contributed by atoms with Gasteiger partial charge in [0.05, 0.1) is 11.0 Å². The van der Waals surface area contributed by atoms with Crippen LogP contribution in [0.25, 0.3) is 11.0 Å². The van der Waals surface area contributed by atoms with Gasteiger partial charge in [-0.25, -0.2) is 4.98 Å². The molecule has 0 unspecified atom stereocenters. The maximum absolute atomic E-state index is 12.4. The number of carbonyl (C=O) groups is 1. The average molecular weight is 309 g/mol. The molecule has 0 radical (unpaired) electrons. The van der Waals surface area contributed by atoms with E-state index in [0.717, 1.165) is 27.8 Å². The first-order valence-corrected chi connectivity index (χ1v) is 7.51. The fraction of sp³-hybridized carbons (Fsp3) is 0.222. The number of carbonyl (C=O) groups excluding carboxylic acids is 1. The number of benzene rings is 2. The Morgan fingerprint density at radius 2 is 1.96 bits per heavy atom. The van der Waals surface area contributed by atoms with Gasteiger partial charge in [0, 0.05) is 5.69 Å². The molecule has 0 bridgehead atoms. The molecule has 23 heavy (non-hydrogen) atoms. The van der Waals surface area contributed by atoms with Crippen molar-refractivity contribution < 1.29 is 9.90 Å². The van der Waals surface area contributed by atoms with Gasteiger partial charge in [-0.15, -0.1) is 0 Å². The van der Waals surface area contributed by atoms with Crippen molar-refractivity contribution in [3.05, 3.63) is 59.4 Å². The molecule has 0 fully saturated rings. The summed E-state index contributed by atoms with van der Waals surface area (Å²) in [7, 11) is 0. The van der Waals surface area contributed by atoms with Crippen LogP contribution in [0.4, 0.5) is 5.69 Å². The minimum Gasteiger partial charge on any atom is -0.388 e. The van der Waals surface area contributed by atoms with Crippen molar-refractivity contribution in [3.63, 3.8) is 0 Å². The van der Waals surface area contributed by atoms with E-state index in [0.29, 0.717) is 5.82 Å². The number of rotatable bonds is 4. The lowest BCUT2D eigenvalue weighted by Gasteiger charge is -2.12. The normalized spacial score (nSPS) is 10.9. The van der Waals surface area contributed by atoms with E-state index in [2.05, 4.69) is 10.3 Å². The van der Waals surface area contributed by atoms with Gasteiger partial charge in [0.2, 0.25) is 5.91 Å². The average Bonchev–Trinajstić information content (AvgIpc) is 2.90. The van der Waals surface area contributed by atoms with Gasteiger partial charge in [0.15, 0.2) is 0 Å². The highest BCUT2D eigenvalue weighted by atomic mass is 16.3. The number of imidazole rings is 1. The summed E-state index contributed by atoms with van der Waals surface area (Å²) in [4.78, 5) is 16.8. The van der Waals surface area contributed by atoms with E-state index in [4.69, 9.17) is 0 Å². The van der Waals surface area contributed by atoms with Crippen LogP contribution in [-0.4, -0.2) is 20.6 Å². The summed E-state index contributed by atoms with van der Waals surface area (Å²) < 4.78 is 1.75. The van der Waals surface area contributed by atoms with Crippen LogP contribution in [0.5, 0.6) is 0 Å². The summed E-state index contributed by atoms with van der Waals surface area (Å²) in [6.07, 6.45) is 0. The summed E-state index contributed by atoms with van der Waals surface area (Å²) in [5.74, 6) is 0.346. The molecule has 1 amide bonds. The number of hydrogen-bond donors (Lipinski definition) is 2. The van der Waals surface area contributed by atoms with Gasteiger partial charge in [-0.05, 0) is 43.2 Å². The van der Waals surface area contributed by atoms with E-state index in [1.165, 1.54) is 0 Å². The molecule has 0 aliphatic rings. The van der Waals surface area contributed by atoms with E-state index in [9.17, 15) is 9.90 Å². The molecule has 0 spiro atoms. The van der Waals surface area contributed by atoms with Crippen LogP contribution < -0.4 is 5.32 Å². The van der Waals surface area contributed by atoms with Crippen LogP contribution in [0.1, 0.15) is 17.0 Å². The Morgan fingerprint density at radius 1 is 1.17 bits per heavy atom. The quantitative estimate of drug-likeness (QED) is 0.779. The summed E-state index contributed by atoms with van der Waals surface area (Å²) in [5.41, 5.74) is 4.61. The Balaban J connectivity index is 1.87. The first kappa shape index (κ1) is 15.2. The maximum atomic E-state index is 12.4. The van der Waals surface area contributed by atoms with Crippen molar-refractivity contribution in [2.45, 2.75) is 27.0 Å².